The number of guanidine groups is 1. The van der Waals surface area contributed by atoms with Crippen LogP contribution in [0.2, 0.25) is 0 Å². The molecule has 1 aliphatic carbocycles. The monoisotopic (exact) mass is 430 g/mol. The number of rotatable bonds is 4. The summed E-state index contributed by atoms with van der Waals surface area (Å²) < 4.78 is 5.20. The lowest BCUT2D eigenvalue weighted by atomic mass is 9.85. The second kappa shape index (κ2) is 8.73. The summed E-state index contributed by atoms with van der Waals surface area (Å²) in [7, 11) is 1.66. The highest BCUT2D eigenvalue weighted by Gasteiger charge is 2.33. The van der Waals surface area contributed by atoms with Crippen LogP contribution >= 0.6 is 24.0 Å². The summed E-state index contributed by atoms with van der Waals surface area (Å²) in [5.74, 6) is 1.31. The van der Waals surface area contributed by atoms with Gasteiger partial charge in [0.05, 0.1) is 13.2 Å². The summed E-state index contributed by atoms with van der Waals surface area (Å²) in [6.45, 7) is 2.53. The van der Waals surface area contributed by atoms with Crippen molar-refractivity contribution in [1.82, 2.24) is 4.90 Å². The molecule has 0 bridgehead atoms. The van der Waals surface area contributed by atoms with Gasteiger partial charge in [0.1, 0.15) is 5.75 Å². The van der Waals surface area contributed by atoms with Crippen LogP contribution in [-0.2, 0) is 0 Å². The molecule has 0 atom stereocenters. The van der Waals surface area contributed by atoms with Gasteiger partial charge in [-0.3, -0.25) is 0 Å². The number of piperidine rings is 1. The summed E-state index contributed by atoms with van der Waals surface area (Å²) in [4.78, 5) is 7.22. The molecule has 5 nitrogen and oxygen atoms in total. The average molecular weight is 430 g/mol. The van der Waals surface area contributed by atoms with Crippen molar-refractivity contribution in [2.75, 3.05) is 25.5 Å². The molecule has 0 amide bonds. The molecule has 1 aromatic carbocycles. The quantitative estimate of drug-likeness (QED) is 0.438. The first-order valence-electron chi connectivity index (χ1n) is 8.23. The Bertz CT molecular complexity index is 525. The van der Waals surface area contributed by atoms with E-state index >= 15 is 0 Å². The van der Waals surface area contributed by atoms with Gasteiger partial charge in [0.2, 0.25) is 0 Å². The number of nitrogens with one attached hydrogen (secondary N) is 1. The lowest BCUT2D eigenvalue weighted by molar-refractivity contribution is 0.0912. The van der Waals surface area contributed by atoms with Crippen molar-refractivity contribution in [3.8, 4) is 5.75 Å². The number of hydrogen-bond acceptors (Lipinski definition) is 3. The summed E-state index contributed by atoms with van der Waals surface area (Å²) in [5, 5.41) is 3.14. The van der Waals surface area contributed by atoms with E-state index in [1.54, 1.807) is 7.11 Å². The Kier molecular flexibility index (Phi) is 6.95. The van der Waals surface area contributed by atoms with E-state index in [1.165, 1.54) is 32.4 Å². The maximum atomic E-state index is 6.02. The van der Waals surface area contributed by atoms with Gasteiger partial charge in [-0.05, 0) is 50.9 Å². The molecule has 6 heteroatoms. The highest BCUT2D eigenvalue weighted by Crippen LogP contribution is 2.30. The number of hydrogen-bond donors (Lipinski definition) is 2. The normalized spacial score (nSPS) is 25.2. The molecule has 3 N–H and O–H groups in total. The second-order valence-corrected chi connectivity index (χ2v) is 6.25. The molecule has 23 heavy (non-hydrogen) atoms. The average Bonchev–Trinajstić information content (AvgIpc) is 2.51. The topological polar surface area (TPSA) is 62.9 Å². The van der Waals surface area contributed by atoms with E-state index in [9.17, 15) is 0 Å². The van der Waals surface area contributed by atoms with E-state index in [1.807, 2.05) is 24.3 Å². The van der Waals surface area contributed by atoms with Crippen LogP contribution < -0.4 is 15.8 Å². The van der Waals surface area contributed by atoms with Gasteiger partial charge in [0, 0.05) is 17.8 Å². The number of benzene rings is 1. The number of nitrogens with zero attached hydrogens (tertiary/aromatic N) is 2. The summed E-state index contributed by atoms with van der Waals surface area (Å²) in [6.07, 6.45) is 6.37. The predicted molar refractivity (Wildman–Crippen MR) is 106 cm³/mol. The zero-order valence-electron chi connectivity index (χ0n) is 13.7. The van der Waals surface area contributed by atoms with Crippen molar-refractivity contribution in [2.24, 2.45) is 10.7 Å². The van der Waals surface area contributed by atoms with Gasteiger partial charge in [-0.25, -0.2) is 4.99 Å². The Morgan fingerprint density at radius 3 is 2.70 bits per heavy atom. The van der Waals surface area contributed by atoms with Crippen molar-refractivity contribution in [3.05, 3.63) is 24.3 Å². The number of anilines is 1. The van der Waals surface area contributed by atoms with E-state index in [2.05, 4.69) is 15.2 Å². The molecular weight excluding hydrogens is 403 g/mol. The molecule has 1 heterocycles. The summed E-state index contributed by atoms with van der Waals surface area (Å²) in [6, 6.07) is 8.81. The standard InChI is InChI=1S/C17H26N4O.HI/c1-22-16-7-5-6-13(12-16)19-17(18)20-14-10-15(11-14)21-8-3-2-4-9-21;/h5-7,12,14-15H,2-4,8-11H2,1H3,(H3,18,19,20);1H. The van der Waals surface area contributed by atoms with Gasteiger partial charge in [0.15, 0.2) is 5.96 Å². The van der Waals surface area contributed by atoms with E-state index < -0.39 is 0 Å². The molecule has 0 radical (unpaired) electrons. The maximum absolute atomic E-state index is 6.02. The Morgan fingerprint density at radius 1 is 1.26 bits per heavy atom. The highest BCUT2D eigenvalue weighted by molar-refractivity contribution is 14.0. The van der Waals surface area contributed by atoms with Crippen LogP contribution in [0.25, 0.3) is 0 Å². The van der Waals surface area contributed by atoms with Crippen molar-refractivity contribution < 1.29 is 4.74 Å². The highest BCUT2D eigenvalue weighted by atomic mass is 127. The SMILES string of the molecule is COc1cccc(NC(N)=NC2CC(N3CCCCC3)C2)c1.I. The van der Waals surface area contributed by atoms with Gasteiger partial charge in [-0.2, -0.15) is 0 Å². The van der Waals surface area contributed by atoms with Crippen LogP contribution in [0.15, 0.2) is 29.3 Å². The van der Waals surface area contributed by atoms with Gasteiger partial charge in [-0.1, -0.05) is 12.5 Å². The molecular formula is C17H27IN4O. The van der Waals surface area contributed by atoms with Crippen molar-refractivity contribution in [1.29, 1.82) is 0 Å². The van der Waals surface area contributed by atoms with Crippen LogP contribution in [0.5, 0.6) is 5.75 Å². The molecule has 2 aliphatic rings. The molecule has 1 saturated carbocycles. The first kappa shape index (κ1) is 18.3. The Morgan fingerprint density at radius 2 is 2.00 bits per heavy atom. The number of likely N-dealkylation sites (tertiary alicyclic amines) is 1. The summed E-state index contributed by atoms with van der Waals surface area (Å²) >= 11 is 0. The number of halogens is 1. The van der Waals surface area contributed by atoms with Crippen molar-refractivity contribution in [2.45, 2.75) is 44.2 Å². The van der Waals surface area contributed by atoms with Crippen LogP contribution in [0.1, 0.15) is 32.1 Å². The first-order chi connectivity index (χ1) is 10.7. The van der Waals surface area contributed by atoms with Crippen LogP contribution in [0, 0.1) is 0 Å². The van der Waals surface area contributed by atoms with Crippen molar-refractivity contribution in [3.63, 3.8) is 0 Å². The second-order valence-electron chi connectivity index (χ2n) is 6.25. The third-order valence-electron chi connectivity index (χ3n) is 4.66. The Hall–Kier alpha value is -1.02. The number of nitrogens with two attached hydrogens (primary N) is 1. The van der Waals surface area contributed by atoms with Gasteiger partial charge in [-0.15, -0.1) is 24.0 Å². The number of aliphatic imine (C=N–C) groups is 1. The van der Waals surface area contributed by atoms with Crippen LogP contribution in [-0.4, -0.2) is 43.1 Å². The fourth-order valence-corrected chi connectivity index (χ4v) is 3.32. The third kappa shape index (κ3) is 4.97. The molecule has 0 aromatic heterocycles. The molecule has 0 unspecified atom stereocenters. The van der Waals surface area contributed by atoms with Gasteiger partial charge in [0.25, 0.3) is 0 Å². The zero-order valence-corrected chi connectivity index (χ0v) is 16.0. The van der Waals surface area contributed by atoms with Crippen LogP contribution in [0.4, 0.5) is 5.69 Å². The molecule has 3 rings (SSSR count). The first-order valence-corrected chi connectivity index (χ1v) is 8.23. The Balaban J connectivity index is 0.00000192. The van der Waals surface area contributed by atoms with E-state index in [0.29, 0.717) is 12.0 Å². The molecule has 1 saturated heterocycles. The minimum Gasteiger partial charge on any atom is -0.497 e. The van der Waals surface area contributed by atoms with Gasteiger partial charge >= 0.3 is 0 Å². The smallest absolute Gasteiger partial charge is 0.193 e. The van der Waals surface area contributed by atoms with E-state index in [4.69, 9.17) is 10.5 Å². The fraction of sp³-hybridized carbons (Fsp3) is 0.588. The largest absolute Gasteiger partial charge is 0.497 e. The van der Waals surface area contributed by atoms with E-state index in [0.717, 1.165) is 30.3 Å². The third-order valence-corrected chi connectivity index (χ3v) is 4.66. The summed E-state index contributed by atoms with van der Waals surface area (Å²) in [5.41, 5.74) is 6.93. The van der Waals surface area contributed by atoms with Crippen LogP contribution in [0.3, 0.4) is 0 Å². The van der Waals surface area contributed by atoms with Gasteiger partial charge < -0.3 is 20.7 Å². The lowest BCUT2D eigenvalue weighted by Gasteiger charge is -2.43. The molecule has 2 fully saturated rings. The van der Waals surface area contributed by atoms with Crippen molar-refractivity contribution >= 4 is 35.6 Å². The predicted octanol–water partition coefficient (Wildman–Crippen LogP) is 3.06. The minimum atomic E-state index is 0. The number of methoxy groups -OCH3 is 1. The van der Waals surface area contributed by atoms with E-state index in [-0.39, 0.29) is 24.0 Å². The molecule has 1 aromatic rings. The lowest BCUT2D eigenvalue weighted by Crippen LogP contribution is -2.49. The molecule has 0 spiro atoms. The fourth-order valence-electron chi connectivity index (χ4n) is 3.32. The maximum Gasteiger partial charge on any atom is 0.193 e. The Labute approximate surface area is 155 Å². The molecule has 128 valence electrons. The minimum absolute atomic E-state index is 0. The molecule has 1 aliphatic heterocycles. The zero-order chi connectivity index (χ0) is 15.4. The number of ether oxygens (including phenoxy) is 1.